The largest absolute Gasteiger partial charge is 0.494 e. The van der Waals surface area contributed by atoms with Crippen molar-refractivity contribution in [2.75, 3.05) is 87.0 Å². The Kier molecular flexibility index (Phi) is 8.40. The number of nitrogens with one attached hydrogen (secondary N) is 3. The van der Waals surface area contributed by atoms with E-state index in [0.29, 0.717) is 17.5 Å². The third-order valence-corrected chi connectivity index (χ3v) is 7.41. The zero-order valence-corrected chi connectivity index (χ0v) is 23.7. The molecule has 0 bridgehead atoms. The fourth-order valence-corrected chi connectivity index (χ4v) is 5.04. The predicted molar refractivity (Wildman–Crippen MR) is 159 cm³/mol. The molecule has 2 saturated heterocycles. The fraction of sp³-hybridized carbons (Fsp3) is 0.414. The van der Waals surface area contributed by atoms with Gasteiger partial charge >= 0.3 is 0 Å². The van der Waals surface area contributed by atoms with Gasteiger partial charge in [0.05, 0.1) is 25.6 Å². The number of benzene rings is 2. The van der Waals surface area contributed by atoms with Gasteiger partial charge in [-0.15, -0.1) is 0 Å². The number of anilines is 6. The summed E-state index contributed by atoms with van der Waals surface area (Å²) < 4.78 is 11.4. The van der Waals surface area contributed by atoms with Crippen LogP contribution in [0.15, 0.2) is 42.6 Å². The molecule has 0 radical (unpaired) electrons. The maximum Gasteiger partial charge on any atom is 0.229 e. The van der Waals surface area contributed by atoms with Gasteiger partial charge in [0.25, 0.3) is 0 Å². The minimum absolute atomic E-state index is 0.122. The molecular formula is C29H38N8O3. The zero-order valence-electron chi connectivity index (χ0n) is 23.7. The van der Waals surface area contributed by atoms with Crippen molar-refractivity contribution in [3.05, 3.63) is 48.2 Å². The summed E-state index contributed by atoms with van der Waals surface area (Å²) in [6, 6.07) is 12.2. The highest BCUT2D eigenvalue weighted by atomic mass is 16.5. The lowest BCUT2D eigenvalue weighted by Gasteiger charge is -2.35. The van der Waals surface area contributed by atoms with E-state index < -0.39 is 0 Å². The summed E-state index contributed by atoms with van der Waals surface area (Å²) in [7, 11) is 3.33. The number of nitrogens with zero attached hydrogens (tertiary/aromatic N) is 5. The Labute approximate surface area is 235 Å². The monoisotopic (exact) mass is 546 g/mol. The SMILES string of the molecule is COc1cc(N2CCNCC2)ccc1Nc1ncc(C)c(Nc2ccc(N3CCN(C(C)=O)CC3)cc2OC)n1. The molecule has 2 aromatic carbocycles. The molecule has 3 N–H and O–H groups in total. The molecular weight excluding hydrogens is 508 g/mol. The van der Waals surface area contributed by atoms with Crippen molar-refractivity contribution in [1.29, 1.82) is 0 Å². The zero-order chi connectivity index (χ0) is 28.1. The molecule has 11 nitrogen and oxygen atoms in total. The first-order valence-electron chi connectivity index (χ1n) is 13.6. The maximum atomic E-state index is 11.7. The van der Waals surface area contributed by atoms with E-state index >= 15 is 0 Å². The molecule has 11 heteroatoms. The van der Waals surface area contributed by atoms with E-state index in [9.17, 15) is 4.79 Å². The van der Waals surface area contributed by atoms with E-state index in [1.54, 1.807) is 27.3 Å². The summed E-state index contributed by atoms with van der Waals surface area (Å²) in [6.07, 6.45) is 1.79. The Balaban J connectivity index is 1.31. The summed E-state index contributed by atoms with van der Waals surface area (Å²) in [5.74, 6) is 2.70. The Morgan fingerprint density at radius 2 is 1.43 bits per heavy atom. The molecule has 0 aliphatic carbocycles. The number of rotatable bonds is 8. The third kappa shape index (κ3) is 6.15. The number of methoxy groups -OCH3 is 2. The second-order valence-electron chi connectivity index (χ2n) is 9.97. The quantitative estimate of drug-likeness (QED) is 0.389. The highest BCUT2D eigenvalue weighted by Crippen LogP contribution is 2.34. The summed E-state index contributed by atoms with van der Waals surface area (Å²) in [4.78, 5) is 27.4. The standard InChI is InChI=1S/C29H38N8O3/c1-20-19-31-29(33-25-8-6-22(17-27(25)40-4)36-11-9-30-10-12-36)34-28(20)32-24-7-5-23(18-26(24)39-3)37-15-13-35(14-16-37)21(2)38/h5-8,17-19,30H,9-16H2,1-4H3,(H2,31,32,33,34). The number of carbonyl (C=O) groups is 1. The van der Waals surface area contributed by atoms with E-state index in [2.05, 4.69) is 42.9 Å². The minimum atomic E-state index is 0.122. The van der Waals surface area contributed by atoms with Crippen molar-refractivity contribution in [3.63, 3.8) is 0 Å². The number of amides is 1. The molecule has 2 fully saturated rings. The molecule has 0 unspecified atom stereocenters. The van der Waals surface area contributed by atoms with Gasteiger partial charge in [0.1, 0.15) is 17.3 Å². The Morgan fingerprint density at radius 3 is 2.00 bits per heavy atom. The number of hydrogen-bond acceptors (Lipinski definition) is 10. The molecule has 0 atom stereocenters. The van der Waals surface area contributed by atoms with Crippen LogP contribution in [0.4, 0.5) is 34.5 Å². The molecule has 3 heterocycles. The molecule has 212 valence electrons. The van der Waals surface area contributed by atoms with Gasteiger partial charge in [0.2, 0.25) is 11.9 Å². The summed E-state index contributed by atoms with van der Waals surface area (Å²) in [5.41, 5.74) is 4.69. The van der Waals surface area contributed by atoms with E-state index in [-0.39, 0.29) is 5.91 Å². The van der Waals surface area contributed by atoms with Crippen LogP contribution in [0.3, 0.4) is 0 Å². The van der Waals surface area contributed by atoms with E-state index in [4.69, 9.17) is 14.5 Å². The normalized spacial score (nSPS) is 15.6. The molecule has 2 aliphatic heterocycles. The molecule has 0 saturated carbocycles. The second kappa shape index (κ2) is 12.3. The number of ether oxygens (including phenoxy) is 2. The number of aromatic nitrogens is 2. The van der Waals surface area contributed by atoms with Crippen molar-refractivity contribution < 1.29 is 14.3 Å². The van der Waals surface area contributed by atoms with Crippen LogP contribution in [0.25, 0.3) is 0 Å². The van der Waals surface area contributed by atoms with Gasteiger partial charge in [0, 0.05) is 94.5 Å². The lowest BCUT2D eigenvalue weighted by Crippen LogP contribution is -2.48. The van der Waals surface area contributed by atoms with Crippen LogP contribution in [-0.4, -0.2) is 87.4 Å². The molecule has 3 aromatic rings. The predicted octanol–water partition coefficient (Wildman–Crippen LogP) is 3.37. The number of hydrogen-bond donors (Lipinski definition) is 3. The van der Waals surface area contributed by atoms with Gasteiger partial charge in [-0.25, -0.2) is 4.98 Å². The fourth-order valence-electron chi connectivity index (χ4n) is 5.04. The maximum absolute atomic E-state index is 11.7. The molecule has 0 spiro atoms. The number of aryl methyl sites for hydroxylation is 1. The van der Waals surface area contributed by atoms with Gasteiger partial charge in [0.15, 0.2) is 0 Å². The molecule has 2 aliphatic rings. The van der Waals surface area contributed by atoms with Gasteiger partial charge in [-0.3, -0.25) is 4.79 Å². The van der Waals surface area contributed by atoms with Crippen molar-refractivity contribution in [3.8, 4) is 11.5 Å². The van der Waals surface area contributed by atoms with Crippen LogP contribution in [0.2, 0.25) is 0 Å². The third-order valence-electron chi connectivity index (χ3n) is 7.41. The first-order chi connectivity index (χ1) is 19.4. The van der Waals surface area contributed by atoms with Crippen LogP contribution in [0.5, 0.6) is 11.5 Å². The highest BCUT2D eigenvalue weighted by molar-refractivity contribution is 5.74. The van der Waals surface area contributed by atoms with Crippen LogP contribution in [0.1, 0.15) is 12.5 Å². The smallest absolute Gasteiger partial charge is 0.229 e. The average Bonchev–Trinajstić information content (AvgIpc) is 2.99. The summed E-state index contributed by atoms with van der Waals surface area (Å²) in [5, 5.41) is 10.1. The van der Waals surface area contributed by atoms with Crippen LogP contribution in [-0.2, 0) is 4.79 Å². The second-order valence-corrected chi connectivity index (χ2v) is 9.97. The summed E-state index contributed by atoms with van der Waals surface area (Å²) in [6.45, 7) is 10.5. The molecule has 1 aromatic heterocycles. The first-order valence-corrected chi connectivity index (χ1v) is 13.6. The van der Waals surface area contributed by atoms with Crippen molar-refractivity contribution >= 4 is 40.4 Å². The van der Waals surface area contributed by atoms with Crippen molar-refractivity contribution in [1.82, 2.24) is 20.2 Å². The molecule has 40 heavy (non-hydrogen) atoms. The van der Waals surface area contributed by atoms with Crippen LogP contribution in [0, 0.1) is 6.92 Å². The summed E-state index contributed by atoms with van der Waals surface area (Å²) >= 11 is 0. The Bertz CT molecular complexity index is 1340. The van der Waals surface area contributed by atoms with E-state index in [1.807, 2.05) is 36.1 Å². The first kappa shape index (κ1) is 27.3. The van der Waals surface area contributed by atoms with Gasteiger partial charge in [-0.05, 0) is 31.2 Å². The Hall–Kier alpha value is -4.25. The van der Waals surface area contributed by atoms with Crippen LogP contribution < -0.4 is 35.2 Å². The van der Waals surface area contributed by atoms with Gasteiger partial charge in [-0.1, -0.05) is 0 Å². The van der Waals surface area contributed by atoms with E-state index in [0.717, 1.165) is 86.4 Å². The molecule has 1 amide bonds. The van der Waals surface area contributed by atoms with Crippen LogP contribution >= 0.6 is 0 Å². The van der Waals surface area contributed by atoms with Crippen molar-refractivity contribution in [2.45, 2.75) is 13.8 Å². The Morgan fingerprint density at radius 1 is 0.850 bits per heavy atom. The van der Waals surface area contributed by atoms with E-state index in [1.165, 1.54) is 0 Å². The van der Waals surface area contributed by atoms with Crippen molar-refractivity contribution in [2.24, 2.45) is 0 Å². The average molecular weight is 547 g/mol. The lowest BCUT2D eigenvalue weighted by molar-refractivity contribution is -0.129. The lowest BCUT2D eigenvalue weighted by atomic mass is 10.2. The number of piperazine rings is 2. The van der Waals surface area contributed by atoms with Gasteiger partial charge < -0.3 is 40.1 Å². The molecule has 5 rings (SSSR count). The van der Waals surface area contributed by atoms with Gasteiger partial charge in [-0.2, -0.15) is 4.98 Å². The topological polar surface area (TPSA) is 107 Å². The number of carbonyl (C=O) groups excluding carboxylic acids is 1. The highest BCUT2D eigenvalue weighted by Gasteiger charge is 2.20. The minimum Gasteiger partial charge on any atom is -0.494 e.